The van der Waals surface area contributed by atoms with Gasteiger partial charge in [0.05, 0.1) is 12.9 Å². The van der Waals surface area contributed by atoms with E-state index >= 15 is 0 Å². The van der Waals surface area contributed by atoms with E-state index in [-0.39, 0.29) is 12.4 Å². The predicted molar refractivity (Wildman–Crippen MR) is 85.4 cm³/mol. The minimum atomic E-state index is -3.30. The molecule has 3 heterocycles. The van der Waals surface area contributed by atoms with Gasteiger partial charge in [-0.15, -0.1) is 6.42 Å². The van der Waals surface area contributed by atoms with Crippen LogP contribution in [0.2, 0.25) is 0 Å². The Hall–Kier alpha value is -2.06. The van der Waals surface area contributed by atoms with Crippen molar-refractivity contribution >= 4 is 25.2 Å². The molecule has 1 aliphatic rings. The van der Waals surface area contributed by atoms with Gasteiger partial charge in [0.15, 0.2) is 17.7 Å². The van der Waals surface area contributed by atoms with Crippen LogP contribution in [0.15, 0.2) is 12.7 Å². The van der Waals surface area contributed by atoms with Crippen molar-refractivity contribution in [1.29, 1.82) is 0 Å². The van der Waals surface area contributed by atoms with Gasteiger partial charge in [-0.3, -0.25) is 9.13 Å². The van der Waals surface area contributed by atoms with Gasteiger partial charge in [-0.05, 0) is 0 Å². The maximum atomic E-state index is 11.2. The summed E-state index contributed by atoms with van der Waals surface area (Å²) in [5.74, 6) is 2.50. The molecule has 11 nitrogen and oxygen atoms in total. The van der Waals surface area contributed by atoms with Crippen molar-refractivity contribution in [2.24, 2.45) is 0 Å². The number of nitrogen functional groups attached to an aromatic ring is 1. The molecule has 3 rings (SSSR count). The standard InChI is InChI=1S/C13H16N5O6P/c1-2-3-22-10-9(24-25(20)21)7(4-19)23-13(10)18-6-17-8-11(14)15-5-16-12(8)18/h1,5-7,9-10,13,19,25H,3-4H2,(H,20,21)(H2,14,15,16). The first kappa shape index (κ1) is 17.8. The molecule has 0 bridgehead atoms. The average molecular weight is 369 g/mol. The van der Waals surface area contributed by atoms with E-state index in [1.165, 1.54) is 17.2 Å². The summed E-state index contributed by atoms with van der Waals surface area (Å²) < 4.78 is 29.0. The third-order valence-electron chi connectivity index (χ3n) is 3.72. The molecule has 5 unspecified atom stereocenters. The Bertz CT molecular complexity index is 823. The van der Waals surface area contributed by atoms with Crippen LogP contribution in [0.25, 0.3) is 11.2 Å². The lowest BCUT2D eigenvalue weighted by atomic mass is 10.1. The number of imidazole rings is 1. The van der Waals surface area contributed by atoms with Gasteiger partial charge in [-0.1, -0.05) is 5.92 Å². The zero-order valence-corrected chi connectivity index (χ0v) is 13.8. The van der Waals surface area contributed by atoms with Crippen LogP contribution in [0.3, 0.4) is 0 Å². The molecule has 0 aromatic carbocycles. The van der Waals surface area contributed by atoms with Crippen molar-refractivity contribution in [3.05, 3.63) is 12.7 Å². The molecule has 1 saturated heterocycles. The molecule has 25 heavy (non-hydrogen) atoms. The van der Waals surface area contributed by atoms with Crippen molar-refractivity contribution in [3.8, 4) is 12.3 Å². The van der Waals surface area contributed by atoms with Crippen LogP contribution in [-0.2, 0) is 18.6 Å². The van der Waals surface area contributed by atoms with Crippen LogP contribution in [0.4, 0.5) is 5.82 Å². The average Bonchev–Trinajstić information content (AvgIpc) is 3.15. The summed E-state index contributed by atoms with van der Waals surface area (Å²) in [6, 6.07) is 0. The number of terminal acetylenes is 1. The van der Waals surface area contributed by atoms with E-state index in [0.29, 0.717) is 11.2 Å². The topological polar surface area (TPSA) is 155 Å². The fourth-order valence-electron chi connectivity index (χ4n) is 2.72. The summed E-state index contributed by atoms with van der Waals surface area (Å²) in [6.07, 6.45) is 4.30. The summed E-state index contributed by atoms with van der Waals surface area (Å²) in [5.41, 5.74) is 6.51. The van der Waals surface area contributed by atoms with E-state index in [1.807, 2.05) is 0 Å². The molecule has 1 aliphatic heterocycles. The lowest BCUT2D eigenvalue weighted by molar-refractivity contribution is -0.0635. The second-order valence-corrected chi connectivity index (χ2v) is 5.93. The molecule has 0 aliphatic carbocycles. The van der Waals surface area contributed by atoms with Gasteiger partial charge < -0.3 is 29.7 Å². The Morgan fingerprint density at radius 3 is 2.92 bits per heavy atom. The summed E-state index contributed by atoms with van der Waals surface area (Å²) in [7, 11) is -3.30. The minimum absolute atomic E-state index is 0.0847. The van der Waals surface area contributed by atoms with Gasteiger partial charge in [0.2, 0.25) is 0 Å². The molecule has 2 aromatic heterocycles. The third-order valence-corrected chi connectivity index (χ3v) is 4.20. The van der Waals surface area contributed by atoms with E-state index < -0.39 is 39.4 Å². The molecule has 2 aromatic rings. The normalized spacial score (nSPS) is 27.4. The van der Waals surface area contributed by atoms with Crippen LogP contribution >= 0.6 is 8.25 Å². The van der Waals surface area contributed by atoms with Gasteiger partial charge in [0.25, 0.3) is 0 Å². The molecule has 1 fully saturated rings. The van der Waals surface area contributed by atoms with Crippen LogP contribution in [0.5, 0.6) is 0 Å². The second-order valence-electron chi connectivity index (χ2n) is 5.16. The van der Waals surface area contributed by atoms with Crippen molar-refractivity contribution in [2.75, 3.05) is 18.9 Å². The Balaban J connectivity index is 2.01. The summed E-state index contributed by atoms with van der Waals surface area (Å²) in [5, 5.41) is 9.52. The number of nitrogens with two attached hydrogens (primary N) is 1. The molecule has 134 valence electrons. The van der Waals surface area contributed by atoms with E-state index in [9.17, 15) is 9.67 Å². The van der Waals surface area contributed by atoms with Gasteiger partial charge >= 0.3 is 8.25 Å². The minimum Gasteiger partial charge on any atom is -0.394 e. The number of anilines is 1. The Labute approximate surface area is 142 Å². The molecule has 0 amide bonds. The van der Waals surface area contributed by atoms with Gasteiger partial charge in [-0.25, -0.2) is 15.0 Å². The Morgan fingerprint density at radius 1 is 1.44 bits per heavy atom. The molecular formula is C13H16N5O6P. The Kier molecular flexibility index (Phi) is 5.29. The highest BCUT2D eigenvalue weighted by molar-refractivity contribution is 7.32. The molecule has 4 N–H and O–H groups in total. The van der Waals surface area contributed by atoms with Crippen molar-refractivity contribution < 1.29 is 28.6 Å². The molecule has 0 saturated carbocycles. The number of fused-ring (bicyclic) bond motifs is 1. The fraction of sp³-hybridized carbons (Fsp3) is 0.462. The first-order valence-electron chi connectivity index (χ1n) is 7.20. The largest absolute Gasteiger partial charge is 0.394 e. The molecular weight excluding hydrogens is 353 g/mol. The molecule has 12 heteroatoms. The van der Waals surface area contributed by atoms with Gasteiger partial charge in [-0.2, -0.15) is 0 Å². The second kappa shape index (κ2) is 7.45. The number of aliphatic hydroxyl groups is 1. The Morgan fingerprint density at radius 2 is 2.24 bits per heavy atom. The molecule has 5 atom stereocenters. The zero-order valence-electron chi connectivity index (χ0n) is 12.8. The van der Waals surface area contributed by atoms with Gasteiger partial charge in [0.1, 0.15) is 36.8 Å². The number of hydrogen-bond donors (Lipinski definition) is 3. The van der Waals surface area contributed by atoms with Crippen LogP contribution in [0.1, 0.15) is 6.23 Å². The first-order valence-corrected chi connectivity index (χ1v) is 8.47. The maximum absolute atomic E-state index is 11.2. The monoisotopic (exact) mass is 369 g/mol. The first-order chi connectivity index (χ1) is 12.1. The highest BCUT2D eigenvalue weighted by atomic mass is 31.1. The molecule has 0 radical (unpaired) electrons. The number of aliphatic hydroxyl groups excluding tert-OH is 1. The highest BCUT2D eigenvalue weighted by Crippen LogP contribution is 2.38. The van der Waals surface area contributed by atoms with E-state index in [4.69, 9.17) is 31.0 Å². The van der Waals surface area contributed by atoms with Crippen molar-refractivity contribution in [3.63, 3.8) is 0 Å². The van der Waals surface area contributed by atoms with Crippen LogP contribution in [0, 0.1) is 12.3 Å². The number of hydrogen-bond acceptors (Lipinski definition) is 9. The fourth-order valence-corrected chi connectivity index (χ4v) is 3.23. The van der Waals surface area contributed by atoms with Crippen molar-refractivity contribution in [1.82, 2.24) is 19.5 Å². The molecule has 0 spiro atoms. The van der Waals surface area contributed by atoms with E-state index in [1.54, 1.807) is 0 Å². The SMILES string of the molecule is C#CCOC1C(O[PH](=O)O)C(CO)OC1n1cnc2c(N)ncnc21. The number of rotatable bonds is 6. The number of ether oxygens (including phenoxy) is 2. The van der Waals surface area contributed by atoms with Gasteiger partial charge in [0, 0.05) is 0 Å². The lowest BCUT2D eigenvalue weighted by Gasteiger charge is -2.23. The number of aromatic nitrogens is 4. The van der Waals surface area contributed by atoms with Crippen LogP contribution in [-0.4, -0.2) is 61.0 Å². The summed E-state index contributed by atoms with van der Waals surface area (Å²) >= 11 is 0. The quantitative estimate of drug-likeness (QED) is 0.430. The summed E-state index contributed by atoms with van der Waals surface area (Å²) in [6.45, 7) is -0.533. The maximum Gasteiger partial charge on any atom is 0.317 e. The predicted octanol–water partition coefficient (Wildman–Crippen LogP) is -0.916. The van der Waals surface area contributed by atoms with Crippen LogP contribution < -0.4 is 5.73 Å². The highest BCUT2D eigenvalue weighted by Gasteiger charge is 2.48. The number of nitrogens with zero attached hydrogens (tertiary/aromatic N) is 4. The van der Waals surface area contributed by atoms with E-state index in [2.05, 4.69) is 20.9 Å². The summed E-state index contributed by atoms with van der Waals surface area (Å²) in [4.78, 5) is 21.3. The smallest absolute Gasteiger partial charge is 0.317 e. The third kappa shape index (κ3) is 3.36. The zero-order chi connectivity index (χ0) is 18.0. The van der Waals surface area contributed by atoms with E-state index in [0.717, 1.165) is 0 Å². The lowest BCUT2D eigenvalue weighted by Crippen LogP contribution is -2.36. The van der Waals surface area contributed by atoms with Crippen molar-refractivity contribution in [2.45, 2.75) is 24.5 Å².